The van der Waals surface area contributed by atoms with Crippen molar-refractivity contribution in [2.75, 3.05) is 25.2 Å². The number of carbonyl (C=O) groups is 1. The summed E-state index contributed by atoms with van der Waals surface area (Å²) >= 11 is 1.94. The Kier molecular flexibility index (Phi) is 5.14. The van der Waals surface area contributed by atoms with Gasteiger partial charge in [0.1, 0.15) is 5.75 Å². The van der Waals surface area contributed by atoms with Crippen molar-refractivity contribution in [2.45, 2.75) is 25.8 Å². The summed E-state index contributed by atoms with van der Waals surface area (Å²) < 4.78 is 5.31. The number of hydrogen-bond acceptors (Lipinski definition) is 3. The van der Waals surface area contributed by atoms with E-state index in [-0.39, 0.29) is 5.91 Å². The Balaban J connectivity index is 2.07. The molecule has 0 aromatic heterocycles. The number of nitrogens with zero attached hydrogens (tertiary/aromatic N) is 1. The van der Waals surface area contributed by atoms with Gasteiger partial charge in [-0.3, -0.25) is 4.79 Å². The zero-order chi connectivity index (χ0) is 13.7. The third kappa shape index (κ3) is 3.66. The quantitative estimate of drug-likeness (QED) is 0.852. The first kappa shape index (κ1) is 14.3. The van der Waals surface area contributed by atoms with Crippen LogP contribution in [0.3, 0.4) is 0 Å². The monoisotopic (exact) mass is 279 g/mol. The summed E-state index contributed by atoms with van der Waals surface area (Å²) in [5.74, 6) is 3.20. The van der Waals surface area contributed by atoms with Gasteiger partial charge < -0.3 is 9.64 Å². The maximum absolute atomic E-state index is 12.5. The molecule has 1 atom stereocenters. The summed E-state index contributed by atoms with van der Waals surface area (Å²) in [6, 6.07) is 8.10. The molecule has 3 nitrogen and oxygen atoms in total. The van der Waals surface area contributed by atoms with E-state index in [4.69, 9.17) is 4.74 Å². The number of hydrogen-bond donors (Lipinski definition) is 0. The molecule has 4 heteroatoms. The minimum atomic E-state index is 0.208. The molecule has 1 aromatic rings. The van der Waals surface area contributed by atoms with Crippen LogP contribution in [0.4, 0.5) is 0 Å². The highest BCUT2D eigenvalue weighted by atomic mass is 32.2. The van der Waals surface area contributed by atoms with Crippen molar-refractivity contribution >= 4 is 17.7 Å². The molecule has 1 fully saturated rings. The molecule has 19 heavy (non-hydrogen) atoms. The van der Waals surface area contributed by atoms with Crippen LogP contribution in [0.15, 0.2) is 24.3 Å². The third-order valence-corrected chi connectivity index (χ3v) is 4.54. The van der Waals surface area contributed by atoms with Gasteiger partial charge in [0, 0.05) is 23.9 Å². The third-order valence-electron chi connectivity index (χ3n) is 3.54. The molecule has 0 bridgehead atoms. The molecular formula is C15H21NO2S. The minimum Gasteiger partial charge on any atom is -0.496 e. The molecule has 0 saturated carbocycles. The van der Waals surface area contributed by atoms with Gasteiger partial charge in [0.05, 0.1) is 13.5 Å². The molecule has 2 rings (SSSR count). The highest BCUT2D eigenvalue weighted by Crippen LogP contribution is 2.21. The standard InChI is InChI=1S/C15H21NO2S/c1-12-7-9-19-10-8-16(12)15(17)11-13-5-3-4-6-14(13)18-2/h3-6,12H,7-11H2,1-2H3/t12-/m0/s1. The van der Waals surface area contributed by atoms with E-state index in [9.17, 15) is 4.79 Å². The zero-order valence-corrected chi connectivity index (χ0v) is 12.4. The summed E-state index contributed by atoms with van der Waals surface area (Å²) in [4.78, 5) is 14.5. The van der Waals surface area contributed by atoms with Crippen LogP contribution in [-0.4, -0.2) is 42.0 Å². The fraction of sp³-hybridized carbons (Fsp3) is 0.533. The van der Waals surface area contributed by atoms with Crippen LogP contribution in [0.5, 0.6) is 5.75 Å². The Morgan fingerprint density at radius 2 is 2.21 bits per heavy atom. The van der Waals surface area contributed by atoms with E-state index >= 15 is 0 Å². The van der Waals surface area contributed by atoms with Crippen LogP contribution in [0.1, 0.15) is 18.9 Å². The fourth-order valence-electron chi connectivity index (χ4n) is 2.38. The Bertz CT molecular complexity index is 436. The molecule has 0 unspecified atom stereocenters. The molecule has 1 aliphatic rings. The number of methoxy groups -OCH3 is 1. The first-order valence-electron chi connectivity index (χ1n) is 6.71. The van der Waals surface area contributed by atoms with E-state index in [1.807, 2.05) is 40.9 Å². The molecule has 1 aromatic carbocycles. The molecule has 0 radical (unpaired) electrons. The number of para-hydroxylation sites is 1. The summed E-state index contributed by atoms with van der Waals surface area (Å²) in [6.07, 6.45) is 1.52. The highest BCUT2D eigenvalue weighted by molar-refractivity contribution is 7.99. The molecular weight excluding hydrogens is 258 g/mol. The van der Waals surface area contributed by atoms with Crippen LogP contribution in [0, 0.1) is 0 Å². The predicted octanol–water partition coefficient (Wildman–Crippen LogP) is 2.59. The first-order valence-corrected chi connectivity index (χ1v) is 7.87. The maximum Gasteiger partial charge on any atom is 0.227 e. The van der Waals surface area contributed by atoms with Crippen molar-refractivity contribution in [3.8, 4) is 5.75 Å². The summed E-state index contributed by atoms with van der Waals surface area (Å²) in [5.41, 5.74) is 0.971. The van der Waals surface area contributed by atoms with Crippen LogP contribution in [-0.2, 0) is 11.2 Å². The van der Waals surface area contributed by atoms with E-state index in [1.165, 1.54) is 0 Å². The topological polar surface area (TPSA) is 29.5 Å². The average Bonchev–Trinajstić information content (AvgIpc) is 2.64. The van der Waals surface area contributed by atoms with Crippen molar-refractivity contribution in [1.29, 1.82) is 0 Å². The molecule has 0 spiro atoms. The summed E-state index contributed by atoms with van der Waals surface area (Å²) in [6.45, 7) is 3.01. The Labute approximate surface area is 119 Å². The van der Waals surface area contributed by atoms with Gasteiger partial charge in [-0.15, -0.1) is 0 Å². The summed E-state index contributed by atoms with van der Waals surface area (Å²) in [5, 5.41) is 0. The van der Waals surface area contributed by atoms with E-state index < -0.39 is 0 Å². The van der Waals surface area contributed by atoms with E-state index in [2.05, 4.69) is 6.92 Å². The lowest BCUT2D eigenvalue weighted by Crippen LogP contribution is -2.40. The van der Waals surface area contributed by atoms with Gasteiger partial charge in [-0.1, -0.05) is 18.2 Å². The number of carbonyl (C=O) groups excluding carboxylic acids is 1. The van der Waals surface area contributed by atoms with Gasteiger partial charge >= 0.3 is 0 Å². The number of thioether (sulfide) groups is 1. The second-order valence-electron chi connectivity index (χ2n) is 4.83. The van der Waals surface area contributed by atoms with Gasteiger partial charge in [0.2, 0.25) is 5.91 Å². The van der Waals surface area contributed by atoms with Crippen molar-refractivity contribution in [3.05, 3.63) is 29.8 Å². The van der Waals surface area contributed by atoms with E-state index in [0.29, 0.717) is 12.5 Å². The number of rotatable bonds is 3. The Hall–Kier alpha value is -1.16. The van der Waals surface area contributed by atoms with Crippen molar-refractivity contribution in [2.24, 2.45) is 0 Å². The highest BCUT2D eigenvalue weighted by Gasteiger charge is 2.22. The first-order chi connectivity index (χ1) is 9.22. The van der Waals surface area contributed by atoms with Crippen LogP contribution >= 0.6 is 11.8 Å². The molecule has 0 aliphatic carbocycles. The van der Waals surface area contributed by atoms with Gasteiger partial charge in [-0.2, -0.15) is 11.8 Å². The number of amides is 1. The molecule has 1 amide bonds. The summed E-state index contributed by atoms with van der Waals surface area (Å²) in [7, 11) is 1.65. The van der Waals surface area contributed by atoms with Crippen molar-refractivity contribution < 1.29 is 9.53 Å². The van der Waals surface area contributed by atoms with Gasteiger partial charge in [0.15, 0.2) is 0 Å². The normalized spacial score (nSPS) is 19.9. The zero-order valence-electron chi connectivity index (χ0n) is 11.6. The Morgan fingerprint density at radius 3 is 3.00 bits per heavy atom. The predicted molar refractivity (Wildman–Crippen MR) is 79.8 cm³/mol. The minimum absolute atomic E-state index is 0.208. The molecule has 1 heterocycles. The molecule has 0 N–H and O–H groups in total. The second-order valence-corrected chi connectivity index (χ2v) is 6.05. The molecule has 104 valence electrons. The van der Waals surface area contributed by atoms with Gasteiger partial charge in [-0.25, -0.2) is 0 Å². The lowest BCUT2D eigenvalue weighted by atomic mass is 10.1. The van der Waals surface area contributed by atoms with Gasteiger partial charge in [0.25, 0.3) is 0 Å². The van der Waals surface area contributed by atoms with Gasteiger partial charge in [-0.05, 0) is 25.2 Å². The van der Waals surface area contributed by atoms with Crippen LogP contribution in [0.25, 0.3) is 0 Å². The van der Waals surface area contributed by atoms with Crippen LogP contribution in [0.2, 0.25) is 0 Å². The fourth-order valence-corrected chi connectivity index (χ4v) is 3.42. The van der Waals surface area contributed by atoms with Crippen molar-refractivity contribution in [1.82, 2.24) is 4.90 Å². The van der Waals surface area contributed by atoms with E-state index in [1.54, 1.807) is 7.11 Å². The lowest BCUT2D eigenvalue weighted by Gasteiger charge is -2.27. The Morgan fingerprint density at radius 1 is 1.42 bits per heavy atom. The largest absolute Gasteiger partial charge is 0.496 e. The number of benzene rings is 1. The van der Waals surface area contributed by atoms with Crippen LogP contribution < -0.4 is 4.74 Å². The second kappa shape index (κ2) is 6.85. The van der Waals surface area contributed by atoms with Crippen molar-refractivity contribution in [3.63, 3.8) is 0 Å². The smallest absolute Gasteiger partial charge is 0.227 e. The molecule has 1 saturated heterocycles. The molecule has 1 aliphatic heterocycles. The van der Waals surface area contributed by atoms with E-state index in [0.717, 1.165) is 35.8 Å². The maximum atomic E-state index is 12.5. The number of ether oxygens (including phenoxy) is 1. The average molecular weight is 279 g/mol. The lowest BCUT2D eigenvalue weighted by molar-refractivity contribution is -0.132. The SMILES string of the molecule is COc1ccccc1CC(=O)N1CCSCC[C@@H]1C.